The van der Waals surface area contributed by atoms with Gasteiger partial charge in [0, 0.05) is 28.2 Å². The fraction of sp³-hybridized carbons (Fsp3) is 0.722. The lowest BCUT2D eigenvalue weighted by molar-refractivity contribution is -0.925. The van der Waals surface area contributed by atoms with E-state index in [9.17, 15) is 19.2 Å². The Morgan fingerprint density at radius 1 is 0.480 bits per heavy atom. The van der Waals surface area contributed by atoms with E-state index in [2.05, 4.69) is 37.7 Å². The number of nitrogens with zero attached hydrogens (tertiary/aromatic N) is 10. The number of aryl methyl sites for hydroxylation is 2. The molecule has 4 aromatic heterocycles. The maximum Gasteiger partial charge on any atom is 0.332 e. The molecular formula is C36H62N10O4+2. The van der Waals surface area contributed by atoms with Crippen LogP contribution in [0.25, 0.3) is 22.3 Å². The number of hydrogen-bond acceptors (Lipinski definition) is 6. The molecule has 0 unspecified atom stereocenters. The summed E-state index contributed by atoms with van der Waals surface area (Å²) in [4.78, 5) is 59.2. The van der Waals surface area contributed by atoms with E-state index in [1.54, 1.807) is 26.7 Å². The summed E-state index contributed by atoms with van der Waals surface area (Å²) in [6.45, 7) is 18.7. The molecule has 0 fully saturated rings. The maximum atomic E-state index is 12.9. The standard InChI is InChI=1S/C36H62N10O4/c1-9-45(10-2,25-21-43-27-37-31-29(43)33(47)41(7)35(49)39(31)5)23-19-17-15-13-14-16-18-20-24-46(11-3,12-4)26-22-44-28-38-32-30(44)34(48)42(8)36(50)40(32)6/h27-28H,9-26H2,1-8H3/q+2. The van der Waals surface area contributed by atoms with Gasteiger partial charge in [0.2, 0.25) is 0 Å². The Morgan fingerprint density at radius 2 is 0.800 bits per heavy atom. The van der Waals surface area contributed by atoms with E-state index in [4.69, 9.17) is 0 Å². The van der Waals surface area contributed by atoms with Crippen LogP contribution in [0.2, 0.25) is 0 Å². The number of quaternary nitrogens is 2. The Hall–Kier alpha value is -3.78. The summed E-state index contributed by atoms with van der Waals surface area (Å²) in [6, 6.07) is 0. The Labute approximate surface area is 295 Å². The van der Waals surface area contributed by atoms with Gasteiger partial charge in [0.05, 0.1) is 78.1 Å². The van der Waals surface area contributed by atoms with Gasteiger partial charge in [-0.2, -0.15) is 0 Å². The molecule has 0 amide bonds. The predicted octanol–water partition coefficient (Wildman–Crippen LogP) is 2.72. The Kier molecular flexibility index (Phi) is 13.2. The molecule has 0 spiro atoms. The van der Waals surface area contributed by atoms with E-state index in [-0.39, 0.29) is 22.5 Å². The van der Waals surface area contributed by atoms with Gasteiger partial charge in [0.25, 0.3) is 11.1 Å². The molecule has 4 heterocycles. The zero-order valence-electron chi connectivity index (χ0n) is 32.0. The molecule has 0 radical (unpaired) electrons. The van der Waals surface area contributed by atoms with Crippen molar-refractivity contribution in [2.75, 3.05) is 52.4 Å². The van der Waals surface area contributed by atoms with Gasteiger partial charge in [-0.3, -0.25) is 27.9 Å². The van der Waals surface area contributed by atoms with Crippen molar-refractivity contribution in [3.05, 3.63) is 54.3 Å². The average Bonchev–Trinajstić information content (AvgIpc) is 3.77. The molecule has 0 aliphatic heterocycles. The summed E-state index contributed by atoms with van der Waals surface area (Å²) in [5.74, 6) is 0. The molecule has 4 rings (SSSR count). The molecule has 0 aliphatic carbocycles. The first-order chi connectivity index (χ1) is 23.9. The fourth-order valence-electron chi connectivity index (χ4n) is 7.66. The van der Waals surface area contributed by atoms with E-state index in [1.807, 2.05) is 9.13 Å². The first-order valence-corrected chi connectivity index (χ1v) is 18.8. The zero-order valence-corrected chi connectivity index (χ0v) is 32.0. The van der Waals surface area contributed by atoms with Crippen molar-refractivity contribution in [2.45, 2.75) is 92.2 Å². The van der Waals surface area contributed by atoms with Crippen LogP contribution in [0.3, 0.4) is 0 Å². The van der Waals surface area contributed by atoms with Crippen molar-refractivity contribution < 1.29 is 8.97 Å². The lowest BCUT2D eigenvalue weighted by Gasteiger charge is -2.37. The van der Waals surface area contributed by atoms with Crippen LogP contribution < -0.4 is 22.5 Å². The van der Waals surface area contributed by atoms with E-state index in [1.165, 1.54) is 74.6 Å². The second kappa shape index (κ2) is 17.0. The minimum Gasteiger partial charge on any atom is -0.323 e. The quantitative estimate of drug-likeness (QED) is 0.0975. The number of fused-ring (bicyclic) bond motifs is 2. The minimum atomic E-state index is -0.353. The largest absolute Gasteiger partial charge is 0.332 e. The molecule has 0 atom stereocenters. The second-order valence-corrected chi connectivity index (χ2v) is 14.3. The van der Waals surface area contributed by atoms with Gasteiger partial charge in [-0.1, -0.05) is 25.7 Å². The lowest BCUT2D eigenvalue weighted by Crippen LogP contribution is -2.50. The van der Waals surface area contributed by atoms with Crippen molar-refractivity contribution in [3.8, 4) is 0 Å². The lowest BCUT2D eigenvalue weighted by atomic mass is 10.1. The average molecular weight is 699 g/mol. The smallest absolute Gasteiger partial charge is 0.323 e. The highest BCUT2D eigenvalue weighted by atomic mass is 16.2. The molecule has 0 saturated carbocycles. The molecule has 0 bridgehead atoms. The zero-order chi connectivity index (χ0) is 36.6. The van der Waals surface area contributed by atoms with Crippen molar-refractivity contribution >= 4 is 22.3 Å². The first kappa shape index (κ1) is 39.0. The third-order valence-corrected chi connectivity index (χ3v) is 11.8. The van der Waals surface area contributed by atoms with E-state index in [0.717, 1.165) is 70.5 Å². The highest BCUT2D eigenvalue weighted by molar-refractivity contribution is 5.70. The highest BCUT2D eigenvalue weighted by Gasteiger charge is 2.25. The number of likely N-dealkylation sites (N-methyl/N-ethyl adjacent to an activating group) is 2. The number of unbranched alkanes of at least 4 members (excludes halogenated alkanes) is 7. The van der Waals surface area contributed by atoms with Gasteiger partial charge < -0.3 is 18.1 Å². The van der Waals surface area contributed by atoms with Crippen LogP contribution in [-0.2, 0) is 41.3 Å². The van der Waals surface area contributed by atoms with Crippen molar-refractivity contribution in [1.82, 2.24) is 37.4 Å². The highest BCUT2D eigenvalue weighted by Crippen LogP contribution is 2.17. The monoisotopic (exact) mass is 698 g/mol. The molecule has 0 aromatic carbocycles. The number of hydrogen-bond donors (Lipinski definition) is 0. The normalized spacial score (nSPS) is 12.6. The summed E-state index contributed by atoms with van der Waals surface area (Å²) in [6.07, 6.45) is 13.3. The molecular weight excluding hydrogens is 636 g/mol. The molecule has 14 heteroatoms. The van der Waals surface area contributed by atoms with Crippen LogP contribution in [0.15, 0.2) is 31.8 Å². The molecule has 50 heavy (non-hydrogen) atoms. The van der Waals surface area contributed by atoms with Crippen LogP contribution in [0.1, 0.15) is 79.1 Å². The Balaban J connectivity index is 1.17. The third-order valence-electron chi connectivity index (χ3n) is 11.8. The van der Waals surface area contributed by atoms with Gasteiger partial charge in [-0.05, 0) is 53.4 Å². The Bertz CT molecular complexity index is 1820. The number of imidazole rings is 2. The minimum absolute atomic E-state index is 0.287. The van der Waals surface area contributed by atoms with Gasteiger partial charge >= 0.3 is 11.4 Å². The molecule has 0 N–H and O–H groups in total. The SMILES string of the molecule is CC[N+](CC)(CCCCCCCCCC[N+](CC)(CC)CCn1cnc2c1c(=O)n(C)c(=O)n2C)CCn1cnc2c1c(=O)n(C)c(=O)n2C. The fourth-order valence-corrected chi connectivity index (χ4v) is 7.66. The maximum absolute atomic E-state index is 12.9. The second-order valence-electron chi connectivity index (χ2n) is 14.3. The number of aromatic nitrogens is 8. The molecule has 0 saturated heterocycles. The van der Waals surface area contributed by atoms with Crippen LogP contribution in [0.5, 0.6) is 0 Å². The van der Waals surface area contributed by atoms with Gasteiger partial charge in [-0.25, -0.2) is 19.6 Å². The molecule has 14 nitrogen and oxygen atoms in total. The summed E-state index contributed by atoms with van der Waals surface area (Å²) < 4.78 is 11.1. The van der Waals surface area contributed by atoms with E-state index in [0.29, 0.717) is 35.4 Å². The predicted molar refractivity (Wildman–Crippen MR) is 200 cm³/mol. The van der Waals surface area contributed by atoms with Crippen LogP contribution in [0, 0.1) is 0 Å². The van der Waals surface area contributed by atoms with Crippen LogP contribution >= 0.6 is 0 Å². The molecule has 4 aromatic rings. The van der Waals surface area contributed by atoms with Crippen molar-refractivity contribution in [3.63, 3.8) is 0 Å². The first-order valence-electron chi connectivity index (χ1n) is 18.8. The molecule has 0 aliphatic rings. The van der Waals surface area contributed by atoms with Gasteiger partial charge in [0.1, 0.15) is 0 Å². The van der Waals surface area contributed by atoms with E-state index < -0.39 is 0 Å². The van der Waals surface area contributed by atoms with Crippen molar-refractivity contribution in [2.24, 2.45) is 28.2 Å². The van der Waals surface area contributed by atoms with Gasteiger partial charge in [-0.15, -0.1) is 0 Å². The van der Waals surface area contributed by atoms with Gasteiger partial charge in [0.15, 0.2) is 22.3 Å². The van der Waals surface area contributed by atoms with Crippen LogP contribution in [0.4, 0.5) is 0 Å². The number of rotatable bonds is 21. The third kappa shape index (κ3) is 8.06. The summed E-state index contributed by atoms with van der Waals surface area (Å²) >= 11 is 0. The van der Waals surface area contributed by atoms with E-state index >= 15 is 0 Å². The topological polar surface area (TPSA) is 124 Å². The van der Waals surface area contributed by atoms with Crippen molar-refractivity contribution in [1.29, 1.82) is 0 Å². The Morgan fingerprint density at radius 3 is 1.12 bits per heavy atom. The summed E-state index contributed by atoms with van der Waals surface area (Å²) in [7, 11) is 6.37. The summed E-state index contributed by atoms with van der Waals surface area (Å²) in [5.41, 5.74) is 0.615. The summed E-state index contributed by atoms with van der Waals surface area (Å²) in [5, 5.41) is 0. The molecule has 278 valence electrons. The van der Waals surface area contributed by atoms with Crippen LogP contribution in [-0.4, -0.2) is 98.7 Å².